The van der Waals surface area contributed by atoms with E-state index in [4.69, 9.17) is 23.2 Å². The third-order valence-corrected chi connectivity index (χ3v) is 5.71. The highest BCUT2D eigenvalue weighted by atomic mass is 35.5. The van der Waals surface area contributed by atoms with Crippen molar-refractivity contribution < 1.29 is 18.3 Å². The van der Waals surface area contributed by atoms with Crippen molar-refractivity contribution in [2.75, 3.05) is 11.3 Å². The Balaban J connectivity index is 2.25. The van der Waals surface area contributed by atoms with Gasteiger partial charge in [0.25, 0.3) is 15.9 Å². The summed E-state index contributed by atoms with van der Waals surface area (Å²) in [5.74, 6) is -0.410. The lowest BCUT2D eigenvalue weighted by atomic mass is 10.1. The summed E-state index contributed by atoms with van der Waals surface area (Å²) in [5.41, 5.74) is 0.458. The number of halogens is 2. The molecule has 0 saturated heterocycles. The van der Waals surface area contributed by atoms with Crippen LogP contribution in [0.1, 0.15) is 23.7 Å². The van der Waals surface area contributed by atoms with Gasteiger partial charge in [-0.3, -0.25) is 9.52 Å². The number of aliphatic hydroxyl groups excluding tert-OH is 1. The maximum absolute atomic E-state index is 12.5. The molecule has 2 rings (SSSR count). The molecule has 6 nitrogen and oxygen atoms in total. The standard InChI is InChI=1S/C17H18Cl2N2O4S/c1-2-13(10-22)20-17(23)11-4-3-5-14(8-11)21-26(24,25)16-9-12(18)6-7-15(16)19/h3-9,13,21-22H,2,10H2,1H3,(H,20,23). The molecular formula is C17H18Cl2N2O4S. The first-order chi connectivity index (χ1) is 12.3. The number of anilines is 1. The Morgan fingerprint density at radius 3 is 2.58 bits per heavy atom. The largest absolute Gasteiger partial charge is 0.394 e. The van der Waals surface area contributed by atoms with Crippen LogP contribution < -0.4 is 10.0 Å². The van der Waals surface area contributed by atoms with Crippen molar-refractivity contribution in [1.29, 1.82) is 0 Å². The van der Waals surface area contributed by atoms with Gasteiger partial charge in [-0.25, -0.2) is 8.42 Å². The van der Waals surface area contributed by atoms with Crippen molar-refractivity contribution in [3.8, 4) is 0 Å². The SMILES string of the molecule is CCC(CO)NC(=O)c1cccc(NS(=O)(=O)c2cc(Cl)ccc2Cl)c1. The van der Waals surface area contributed by atoms with Crippen LogP contribution >= 0.6 is 23.2 Å². The van der Waals surface area contributed by atoms with Crippen molar-refractivity contribution in [1.82, 2.24) is 5.32 Å². The van der Waals surface area contributed by atoms with E-state index in [-0.39, 0.29) is 38.8 Å². The Bertz CT molecular complexity index is 899. The van der Waals surface area contributed by atoms with Gasteiger partial charge in [-0.1, -0.05) is 36.2 Å². The van der Waals surface area contributed by atoms with E-state index in [2.05, 4.69) is 10.0 Å². The zero-order valence-corrected chi connectivity index (χ0v) is 16.2. The summed E-state index contributed by atoms with van der Waals surface area (Å²) in [4.78, 5) is 12.1. The zero-order valence-electron chi connectivity index (χ0n) is 13.9. The number of hydrogen-bond acceptors (Lipinski definition) is 4. The summed E-state index contributed by atoms with van der Waals surface area (Å²) in [6, 6.07) is 9.76. The summed E-state index contributed by atoms with van der Waals surface area (Å²) in [7, 11) is -3.98. The molecule has 0 bridgehead atoms. The van der Waals surface area contributed by atoms with E-state index in [0.29, 0.717) is 6.42 Å². The van der Waals surface area contributed by atoms with Crippen LogP contribution in [0, 0.1) is 0 Å². The molecule has 0 aliphatic rings. The predicted octanol–water partition coefficient (Wildman–Crippen LogP) is 3.29. The normalized spacial score (nSPS) is 12.5. The van der Waals surface area contributed by atoms with Gasteiger partial charge in [-0.15, -0.1) is 0 Å². The molecule has 140 valence electrons. The third kappa shape index (κ3) is 5.11. The summed E-state index contributed by atoms with van der Waals surface area (Å²) in [6.07, 6.45) is 0.571. The predicted molar refractivity (Wildman–Crippen MR) is 102 cm³/mol. The van der Waals surface area contributed by atoms with Gasteiger partial charge in [0, 0.05) is 16.3 Å². The molecule has 1 amide bonds. The van der Waals surface area contributed by atoms with Gasteiger partial charge < -0.3 is 10.4 Å². The number of sulfonamides is 1. The minimum absolute atomic E-state index is 0.0320. The second-order valence-corrected chi connectivity index (χ2v) is 8.02. The van der Waals surface area contributed by atoms with Crippen LogP contribution in [0.15, 0.2) is 47.4 Å². The van der Waals surface area contributed by atoms with Gasteiger partial charge in [0.05, 0.1) is 17.7 Å². The summed E-state index contributed by atoms with van der Waals surface area (Å²) in [5, 5.41) is 12.1. The highest BCUT2D eigenvalue weighted by molar-refractivity contribution is 7.92. The molecular weight excluding hydrogens is 399 g/mol. The molecule has 1 atom stereocenters. The number of benzene rings is 2. The highest BCUT2D eigenvalue weighted by Crippen LogP contribution is 2.27. The molecule has 0 aromatic heterocycles. The minimum Gasteiger partial charge on any atom is -0.394 e. The Hall–Kier alpha value is -1.80. The molecule has 0 heterocycles. The molecule has 2 aromatic rings. The van der Waals surface area contributed by atoms with Crippen molar-refractivity contribution in [3.63, 3.8) is 0 Å². The lowest BCUT2D eigenvalue weighted by Gasteiger charge is -2.15. The van der Waals surface area contributed by atoms with Crippen LogP contribution in [-0.4, -0.2) is 32.1 Å². The van der Waals surface area contributed by atoms with Crippen molar-refractivity contribution in [2.24, 2.45) is 0 Å². The number of carbonyl (C=O) groups excluding carboxylic acids is 1. The monoisotopic (exact) mass is 416 g/mol. The average Bonchev–Trinajstić information content (AvgIpc) is 2.61. The van der Waals surface area contributed by atoms with Gasteiger partial charge in [-0.05, 0) is 42.8 Å². The molecule has 0 aliphatic heterocycles. The quantitative estimate of drug-likeness (QED) is 0.644. The first-order valence-electron chi connectivity index (χ1n) is 7.76. The molecule has 0 spiro atoms. The Morgan fingerprint density at radius 1 is 1.19 bits per heavy atom. The third-order valence-electron chi connectivity index (χ3n) is 3.61. The van der Waals surface area contributed by atoms with E-state index in [1.54, 1.807) is 12.1 Å². The molecule has 2 aromatic carbocycles. The smallest absolute Gasteiger partial charge is 0.263 e. The maximum Gasteiger partial charge on any atom is 0.263 e. The molecule has 26 heavy (non-hydrogen) atoms. The lowest BCUT2D eigenvalue weighted by Crippen LogP contribution is -2.36. The topological polar surface area (TPSA) is 95.5 Å². The van der Waals surface area contributed by atoms with Crippen LogP contribution in [-0.2, 0) is 10.0 Å². The minimum atomic E-state index is -3.98. The highest BCUT2D eigenvalue weighted by Gasteiger charge is 2.19. The fourth-order valence-electron chi connectivity index (χ4n) is 2.16. The van der Waals surface area contributed by atoms with E-state index < -0.39 is 15.9 Å². The van der Waals surface area contributed by atoms with Crippen LogP contribution in [0.5, 0.6) is 0 Å². The van der Waals surface area contributed by atoms with Crippen LogP contribution in [0.3, 0.4) is 0 Å². The van der Waals surface area contributed by atoms with E-state index in [1.807, 2.05) is 6.92 Å². The zero-order chi connectivity index (χ0) is 19.3. The number of amides is 1. The van der Waals surface area contributed by atoms with Gasteiger partial charge >= 0.3 is 0 Å². The fourth-order valence-corrected chi connectivity index (χ4v) is 3.98. The molecule has 0 aliphatic carbocycles. The molecule has 1 unspecified atom stereocenters. The second-order valence-electron chi connectivity index (χ2n) is 5.52. The maximum atomic E-state index is 12.5. The van der Waals surface area contributed by atoms with Gasteiger partial charge in [0.2, 0.25) is 0 Å². The summed E-state index contributed by atoms with van der Waals surface area (Å²) >= 11 is 11.8. The van der Waals surface area contributed by atoms with Gasteiger partial charge in [0.1, 0.15) is 4.90 Å². The van der Waals surface area contributed by atoms with Crippen molar-refractivity contribution in [3.05, 3.63) is 58.1 Å². The van der Waals surface area contributed by atoms with E-state index in [0.717, 1.165) is 0 Å². The number of aliphatic hydroxyl groups is 1. The Kier molecular flexibility index (Phi) is 6.88. The molecule has 0 fully saturated rings. The van der Waals surface area contributed by atoms with Crippen molar-refractivity contribution in [2.45, 2.75) is 24.3 Å². The lowest BCUT2D eigenvalue weighted by molar-refractivity contribution is 0.0915. The molecule has 9 heteroatoms. The van der Waals surface area contributed by atoms with Gasteiger partial charge in [-0.2, -0.15) is 0 Å². The molecule has 0 saturated carbocycles. The Labute approximate surface area is 162 Å². The number of nitrogens with one attached hydrogen (secondary N) is 2. The number of carbonyl (C=O) groups is 1. The number of rotatable bonds is 7. The number of hydrogen-bond donors (Lipinski definition) is 3. The fraction of sp³-hybridized carbons (Fsp3) is 0.235. The van der Waals surface area contributed by atoms with E-state index in [1.165, 1.54) is 30.3 Å². The van der Waals surface area contributed by atoms with E-state index in [9.17, 15) is 18.3 Å². The van der Waals surface area contributed by atoms with E-state index >= 15 is 0 Å². The van der Waals surface area contributed by atoms with Crippen LogP contribution in [0.2, 0.25) is 10.0 Å². The second kappa shape index (κ2) is 8.73. The molecule has 0 radical (unpaired) electrons. The molecule has 3 N–H and O–H groups in total. The first kappa shape index (κ1) is 20.5. The van der Waals surface area contributed by atoms with Crippen LogP contribution in [0.25, 0.3) is 0 Å². The van der Waals surface area contributed by atoms with Crippen molar-refractivity contribution >= 4 is 44.8 Å². The first-order valence-corrected chi connectivity index (χ1v) is 10.0. The van der Waals surface area contributed by atoms with Gasteiger partial charge in [0.15, 0.2) is 0 Å². The summed E-state index contributed by atoms with van der Waals surface area (Å²) in [6.45, 7) is 1.66. The Morgan fingerprint density at radius 2 is 1.92 bits per heavy atom. The van der Waals surface area contributed by atoms with Crippen LogP contribution in [0.4, 0.5) is 5.69 Å². The summed E-state index contributed by atoms with van der Waals surface area (Å²) < 4.78 is 27.5. The average molecular weight is 417 g/mol.